The Morgan fingerprint density at radius 3 is 2.36 bits per heavy atom. The minimum atomic E-state index is 0.688. The summed E-state index contributed by atoms with van der Waals surface area (Å²) >= 11 is 0. The molecule has 1 nitrogen and oxygen atoms in total. The maximum absolute atomic E-state index is 2.34. The SMILES string of the molecule is CCCCC=CN(C)C(C)CCCC. The first-order valence-electron chi connectivity index (χ1n) is 6.11. The van der Waals surface area contributed by atoms with E-state index in [0.717, 1.165) is 0 Å². The highest BCUT2D eigenvalue weighted by Crippen LogP contribution is 2.07. The van der Waals surface area contributed by atoms with Gasteiger partial charge in [-0.3, -0.25) is 0 Å². The Morgan fingerprint density at radius 2 is 1.79 bits per heavy atom. The van der Waals surface area contributed by atoms with Crippen molar-refractivity contribution in [3.8, 4) is 0 Å². The number of hydrogen-bond donors (Lipinski definition) is 0. The van der Waals surface area contributed by atoms with Crippen molar-refractivity contribution >= 4 is 0 Å². The summed E-state index contributed by atoms with van der Waals surface area (Å²) in [6.45, 7) is 6.80. The molecule has 0 N–H and O–H groups in total. The summed E-state index contributed by atoms with van der Waals surface area (Å²) in [5, 5.41) is 0. The van der Waals surface area contributed by atoms with Crippen LogP contribution in [0.2, 0.25) is 0 Å². The van der Waals surface area contributed by atoms with Crippen LogP contribution in [0.25, 0.3) is 0 Å². The van der Waals surface area contributed by atoms with E-state index in [2.05, 4.69) is 45.0 Å². The fourth-order valence-corrected chi connectivity index (χ4v) is 1.41. The molecule has 1 atom stereocenters. The van der Waals surface area contributed by atoms with Crippen LogP contribution in [0.15, 0.2) is 12.3 Å². The molecule has 0 aromatic rings. The molecule has 84 valence electrons. The summed E-state index contributed by atoms with van der Waals surface area (Å²) in [4.78, 5) is 2.34. The van der Waals surface area contributed by atoms with Crippen LogP contribution < -0.4 is 0 Å². The Kier molecular flexibility index (Phi) is 8.81. The van der Waals surface area contributed by atoms with Gasteiger partial charge in [-0.15, -0.1) is 0 Å². The van der Waals surface area contributed by atoms with Crippen LogP contribution in [0.3, 0.4) is 0 Å². The molecule has 0 heterocycles. The number of nitrogens with zero attached hydrogens (tertiary/aromatic N) is 1. The van der Waals surface area contributed by atoms with Gasteiger partial charge in [-0.1, -0.05) is 45.6 Å². The van der Waals surface area contributed by atoms with Crippen molar-refractivity contribution in [1.82, 2.24) is 4.90 Å². The van der Waals surface area contributed by atoms with Gasteiger partial charge in [0.25, 0.3) is 0 Å². The maximum atomic E-state index is 2.34. The molecule has 0 aromatic heterocycles. The van der Waals surface area contributed by atoms with Crippen LogP contribution in [0, 0.1) is 0 Å². The van der Waals surface area contributed by atoms with Crippen LogP contribution >= 0.6 is 0 Å². The van der Waals surface area contributed by atoms with Crippen molar-refractivity contribution in [1.29, 1.82) is 0 Å². The molecule has 1 unspecified atom stereocenters. The smallest absolute Gasteiger partial charge is 0.0252 e. The summed E-state index contributed by atoms with van der Waals surface area (Å²) in [7, 11) is 2.18. The first-order valence-corrected chi connectivity index (χ1v) is 6.11. The van der Waals surface area contributed by atoms with Gasteiger partial charge >= 0.3 is 0 Å². The van der Waals surface area contributed by atoms with Gasteiger partial charge in [0.15, 0.2) is 0 Å². The van der Waals surface area contributed by atoms with Gasteiger partial charge in [0.2, 0.25) is 0 Å². The fourth-order valence-electron chi connectivity index (χ4n) is 1.41. The van der Waals surface area contributed by atoms with Crippen LogP contribution in [0.1, 0.15) is 59.3 Å². The lowest BCUT2D eigenvalue weighted by atomic mass is 10.1. The molecule has 0 aliphatic rings. The van der Waals surface area contributed by atoms with E-state index in [1.165, 1.54) is 38.5 Å². The third-order valence-electron chi connectivity index (χ3n) is 2.74. The number of rotatable bonds is 8. The van der Waals surface area contributed by atoms with Crippen LogP contribution in [-0.2, 0) is 0 Å². The van der Waals surface area contributed by atoms with Gasteiger partial charge in [-0.25, -0.2) is 0 Å². The monoisotopic (exact) mass is 197 g/mol. The number of hydrogen-bond acceptors (Lipinski definition) is 1. The highest BCUT2D eigenvalue weighted by molar-refractivity contribution is 4.83. The van der Waals surface area contributed by atoms with Gasteiger partial charge in [0.05, 0.1) is 0 Å². The predicted octanol–water partition coefficient (Wildman–Crippen LogP) is 4.20. The van der Waals surface area contributed by atoms with Crippen LogP contribution in [-0.4, -0.2) is 18.0 Å². The topological polar surface area (TPSA) is 3.24 Å². The van der Waals surface area contributed by atoms with E-state index < -0.39 is 0 Å². The van der Waals surface area contributed by atoms with Gasteiger partial charge in [-0.2, -0.15) is 0 Å². The summed E-state index contributed by atoms with van der Waals surface area (Å²) in [6.07, 6.45) is 12.3. The first-order chi connectivity index (χ1) is 6.72. The molecule has 0 spiro atoms. The Morgan fingerprint density at radius 1 is 1.14 bits per heavy atom. The van der Waals surface area contributed by atoms with Crippen molar-refractivity contribution < 1.29 is 0 Å². The largest absolute Gasteiger partial charge is 0.378 e. The molecular weight excluding hydrogens is 170 g/mol. The van der Waals surface area contributed by atoms with E-state index >= 15 is 0 Å². The average molecular weight is 197 g/mol. The minimum Gasteiger partial charge on any atom is -0.378 e. The molecule has 0 aliphatic heterocycles. The molecule has 0 radical (unpaired) electrons. The molecule has 0 fully saturated rings. The highest BCUT2D eigenvalue weighted by atomic mass is 15.1. The van der Waals surface area contributed by atoms with E-state index in [-0.39, 0.29) is 0 Å². The van der Waals surface area contributed by atoms with E-state index in [1.54, 1.807) is 0 Å². The third-order valence-corrected chi connectivity index (χ3v) is 2.74. The Labute approximate surface area is 90.2 Å². The zero-order chi connectivity index (χ0) is 10.8. The average Bonchev–Trinajstić information content (AvgIpc) is 2.20. The zero-order valence-electron chi connectivity index (χ0n) is 10.4. The van der Waals surface area contributed by atoms with Crippen LogP contribution in [0.5, 0.6) is 0 Å². The lowest BCUT2D eigenvalue weighted by Gasteiger charge is -2.22. The van der Waals surface area contributed by atoms with Gasteiger partial charge in [-0.05, 0) is 26.0 Å². The van der Waals surface area contributed by atoms with E-state index in [9.17, 15) is 0 Å². The molecule has 0 rings (SSSR count). The van der Waals surface area contributed by atoms with Crippen molar-refractivity contribution in [3.05, 3.63) is 12.3 Å². The second-order valence-electron chi connectivity index (χ2n) is 4.18. The van der Waals surface area contributed by atoms with Crippen LogP contribution in [0.4, 0.5) is 0 Å². The normalized spacial score (nSPS) is 13.4. The second kappa shape index (κ2) is 9.11. The fraction of sp³-hybridized carbons (Fsp3) is 0.846. The van der Waals surface area contributed by atoms with Crippen molar-refractivity contribution in [2.24, 2.45) is 0 Å². The third kappa shape index (κ3) is 6.99. The summed E-state index contributed by atoms with van der Waals surface area (Å²) in [5.41, 5.74) is 0. The van der Waals surface area contributed by atoms with E-state index in [0.29, 0.717) is 6.04 Å². The lowest BCUT2D eigenvalue weighted by molar-refractivity contribution is 0.326. The van der Waals surface area contributed by atoms with Gasteiger partial charge < -0.3 is 4.90 Å². The second-order valence-corrected chi connectivity index (χ2v) is 4.18. The molecule has 14 heavy (non-hydrogen) atoms. The molecular formula is C13H27N. The standard InChI is InChI=1S/C13H27N/c1-5-7-9-10-12-14(4)13(3)11-8-6-2/h10,12-13H,5-9,11H2,1-4H3. The number of allylic oxidation sites excluding steroid dienone is 1. The van der Waals surface area contributed by atoms with Gasteiger partial charge in [0.1, 0.15) is 0 Å². The Bertz CT molecular complexity index is 140. The van der Waals surface area contributed by atoms with E-state index in [1.807, 2.05) is 0 Å². The summed E-state index contributed by atoms with van der Waals surface area (Å²) < 4.78 is 0. The quantitative estimate of drug-likeness (QED) is 0.527. The maximum Gasteiger partial charge on any atom is 0.0252 e. The van der Waals surface area contributed by atoms with Gasteiger partial charge in [0, 0.05) is 13.1 Å². The molecule has 0 aromatic carbocycles. The van der Waals surface area contributed by atoms with Crippen molar-refractivity contribution in [3.63, 3.8) is 0 Å². The summed E-state index contributed by atoms with van der Waals surface area (Å²) in [6, 6.07) is 0.688. The molecule has 0 bridgehead atoms. The Balaban J connectivity index is 3.59. The number of unbranched alkanes of at least 4 members (excludes halogenated alkanes) is 3. The highest BCUT2D eigenvalue weighted by Gasteiger charge is 2.02. The van der Waals surface area contributed by atoms with E-state index in [4.69, 9.17) is 0 Å². The molecule has 0 amide bonds. The predicted molar refractivity (Wildman–Crippen MR) is 65.4 cm³/mol. The summed E-state index contributed by atoms with van der Waals surface area (Å²) in [5.74, 6) is 0. The molecule has 1 heteroatoms. The molecule has 0 saturated heterocycles. The van der Waals surface area contributed by atoms with Crippen molar-refractivity contribution in [2.45, 2.75) is 65.3 Å². The zero-order valence-corrected chi connectivity index (χ0v) is 10.4. The van der Waals surface area contributed by atoms with Crippen molar-refractivity contribution in [2.75, 3.05) is 7.05 Å². The Hall–Kier alpha value is -0.460. The lowest BCUT2D eigenvalue weighted by Crippen LogP contribution is -2.23. The first kappa shape index (κ1) is 13.5. The minimum absolute atomic E-state index is 0.688. The molecule has 0 saturated carbocycles. The molecule has 0 aliphatic carbocycles.